The Hall–Kier alpha value is -1.36. The number of ether oxygens (including phenoxy) is 1. The summed E-state index contributed by atoms with van der Waals surface area (Å²) in [7, 11) is 0. The number of carbonyl (C=O) groups is 1. The monoisotopic (exact) mass is 277 g/mol. The minimum absolute atomic E-state index is 0.199. The first-order valence-electron chi connectivity index (χ1n) is 7.62. The first-order valence-corrected chi connectivity index (χ1v) is 7.62. The molecule has 110 valence electrons. The third kappa shape index (κ3) is 3.20. The van der Waals surface area contributed by atoms with E-state index in [0.717, 1.165) is 45.4 Å². The van der Waals surface area contributed by atoms with Gasteiger partial charge in [-0.05, 0) is 44.1 Å². The summed E-state index contributed by atoms with van der Waals surface area (Å²) in [4.78, 5) is 12.3. The molecule has 3 rings (SSSR count). The minimum atomic E-state index is -0.199. The maximum atomic E-state index is 12.3. The van der Waals surface area contributed by atoms with Crippen LogP contribution in [0.4, 0.5) is 0 Å². The molecule has 0 unspecified atom stereocenters. The molecule has 1 N–H and O–H groups in total. The second kappa shape index (κ2) is 5.95. The molecule has 2 aliphatic rings. The molecule has 1 atom stereocenters. The molecule has 1 aliphatic heterocycles. The van der Waals surface area contributed by atoms with Crippen molar-refractivity contribution in [3.05, 3.63) is 18.5 Å². The van der Waals surface area contributed by atoms with Crippen LogP contribution in [0.15, 0.2) is 18.5 Å². The Balaban J connectivity index is 1.42. The maximum Gasteiger partial charge on any atom is 0.228 e. The standard InChI is InChI=1S/C15H23N3O2/c19-14(16-8-4-13-3-1-10-20-11-13)15(5-6-15)12-18-9-2-7-17-18/h2,7,9,13H,1,3-6,8,10-12H2,(H,16,19)/t13-/m1/s1. The number of amides is 1. The Labute approximate surface area is 119 Å². The zero-order valence-electron chi connectivity index (χ0n) is 11.9. The van der Waals surface area contributed by atoms with Gasteiger partial charge < -0.3 is 10.1 Å². The van der Waals surface area contributed by atoms with Crippen molar-refractivity contribution >= 4 is 5.91 Å². The molecular weight excluding hydrogens is 254 g/mol. The predicted octanol–water partition coefficient (Wildman–Crippen LogP) is 1.60. The van der Waals surface area contributed by atoms with Crippen LogP contribution in [0.5, 0.6) is 0 Å². The van der Waals surface area contributed by atoms with E-state index in [0.29, 0.717) is 12.5 Å². The molecule has 1 aromatic rings. The summed E-state index contributed by atoms with van der Waals surface area (Å²) < 4.78 is 7.33. The van der Waals surface area contributed by atoms with Gasteiger partial charge in [0.2, 0.25) is 5.91 Å². The van der Waals surface area contributed by atoms with Gasteiger partial charge in [0.05, 0.1) is 12.0 Å². The quantitative estimate of drug-likeness (QED) is 0.859. The average molecular weight is 277 g/mol. The van der Waals surface area contributed by atoms with Crippen LogP contribution >= 0.6 is 0 Å². The fourth-order valence-electron chi connectivity index (χ4n) is 2.92. The van der Waals surface area contributed by atoms with Gasteiger partial charge in [0.1, 0.15) is 0 Å². The van der Waals surface area contributed by atoms with Gasteiger partial charge in [0.15, 0.2) is 0 Å². The number of carbonyl (C=O) groups excluding carboxylic acids is 1. The van der Waals surface area contributed by atoms with Crippen LogP contribution < -0.4 is 5.32 Å². The summed E-state index contributed by atoms with van der Waals surface area (Å²) in [5.41, 5.74) is -0.199. The van der Waals surface area contributed by atoms with Crippen LogP contribution in [0.2, 0.25) is 0 Å². The van der Waals surface area contributed by atoms with Crippen molar-refractivity contribution in [1.29, 1.82) is 0 Å². The van der Waals surface area contributed by atoms with Crippen LogP contribution in [-0.4, -0.2) is 35.4 Å². The largest absolute Gasteiger partial charge is 0.381 e. The number of nitrogens with zero attached hydrogens (tertiary/aromatic N) is 2. The first-order chi connectivity index (χ1) is 9.78. The average Bonchev–Trinajstić information content (AvgIpc) is 3.07. The van der Waals surface area contributed by atoms with Crippen molar-refractivity contribution in [1.82, 2.24) is 15.1 Å². The van der Waals surface area contributed by atoms with E-state index in [9.17, 15) is 4.79 Å². The van der Waals surface area contributed by atoms with E-state index < -0.39 is 0 Å². The zero-order chi connectivity index (χ0) is 13.8. The molecule has 0 aromatic carbocycles. The second-order valence-corrected chi connectivity index (χ2v) is 6.11. The number of nitrogens with one attached hydrogen (secondary N) is 1. The molecule has 2 fully saturated rings. The Morgan fingerprint density at radius 1 is 1.50 bits per heavy atom. The fraction of sp³-hybridized carbons (Fsp3) is 0.733. The second-order valence-electron chi connectivity index (χ2n) is 6.11. The SMILES string of the molecule is O=C(NCC[C@H]1CCCOC1)C1(Cn2cccn2)CC1. The number of hydrogen-bond donors (Lipinski definition) is 1. The molecule has 1 aliphatic carbocycles. The summed E-state index contributed by atoms with van der Waals surface area (Å²) >= 11 is 0. The number of hydrogen-bond acceptors (Lipinski definition) is 3. The van der Waals surface area contributed by atoms with Crippen LogP contribution in [0.25, 0.3) is 0 Å². The lowest BCUT2D eigenvalue weighted by Crippen LogP contribution is -2.36. The van der Waals surface area contributed by atoms with Crippen LogP contribution in [0.3, 0.4) is 0 Å². The van der Waals surface area contributed by atoms with E-state index in [-0.39, 0.29) is 11.3 Å². The topological polar surface area (TPSA) is 56.1 Å². The molecule has 1 aromatic heterocycles. The fourth-order valence-corrected chi connectivity index (χ4v) is 2.92. The molecule has 1 saturated carbocycles. The molecule has 1 amide bonds. The predicted molar refractivity (Wildman–Crippen MR) is 75.1 cm³/mol. The summed E-state index contributed by atoms with van der Waals surface area (Å²) in [5.74, 6) is 0.815. The van der Waals surface area contributed by atoms with Crippen molar-refractivity contribution < 1.29 is 9.53 Å². The highest BCUT2D eigenvalue weighted by atomic mass is 16.5. The third-order valence-electron chi connectivity index (χ3n) is 4.45. The molecule has 0 spiro atoms. The van der Waals surface area contributed by atoms with Gasteiger partial charge in [-0.2, -0.15) is 5.10 Å². The Kier molecular flexibility index (Phi) is 4.05. The van der Waals surface area contributed by atoms with Gasteiger partial charge in [-0.25, -0.2) is 0 Å². The van der Waals surface area contributed by atoms with Gasteiger partial charge >= 0.3 is 0 Å². The Bertz CT molecular complexity index is 434. The molecule has 5 nitrogen and oxygen atoms in total. The Morgan fingerprint density at radius 3 is 3.05 bits per heavy atom. The van der Waals surface area contributed by atoms with Gasteiger partial charge in [-0.15, -0.1) is 0 Å². The van der Waals surface area contributed by atoms with Crippen LogP contribution in [-0.2, 0) is 16.1 Å². The molecule has 1 saturated heterocycles. The lowest BCUT2D eigenvalue weighted by Gasteiger charge is -2.22. The van der Waals surface area contributed by atoms with Gasteiger partial charge in [0.25, 0.3) is 0 Å². The van der Waals surface area contributed by atoms with Gasteiger partial charge in [-0.1, -0.05) is 0 Å². The smallest absolute Gasteiger partial charge is 0.228 e. The van der Waals surface area contributed by atoms with E-state index in [2.05, 4.69) is 10.4 Å². The highest BCUT2D eigenvalue weighted by Gasteiger charge is 2.50. The Morgan fingerprint density at radius 2 is 2.40 bits per heavy atom. The first kappa shape index (κ1) is 13.6. The number of rotatable bonds is 6. The van der Waals surface area contributed by atoms with Crippen molar-refractivity contribution in [2.24, 2.45) is 11.3 Å². The summed E-state index contributed by atoms with van der Waals surface area (Å²) in [5, 5.41) is 7.31. The molecule has 2 heterocycles. The molecular formula is C15H23N3O2. The van der Waals surface area contributed by atoms with Gasteiger partial charge in [0, 0.05) is 32.2 Å². The van der Waals surface area contributed by atoms with E-state index in [4.69, 9.17) is 4.74 Å². The van der Waals surface area contributed by atoms with E-state index in [1.165, 1.54) is 6.42 Å². The normalized spacial score (nSPS) is 24.3. The lowest BCUT2D eigenvalue weighted by molar-refractivity contribution is -0.127. The van der Waals surface area contributed by atoms with Crippen LogP contribution in [0.1, 0.15) is 32.1 Å². The van der Waals surface area contributed by atoms with Crippen molar-refractivity contribution in [2.75, 3.05) is 19.8 Å². The van der Waals surface area contributed by atoms with E-state index in [1.54, 1.807) is 6.20 Å². The summed E-state index contributed by atoms with van der Waals surface area (Å²) in [6, 6.07) is 1.90. The minimum Gasteiger partial charge on any atom is -0.381 e. The molecule has 20 heavy (non-hydrogen) atoms. The van der Waals surface area contributed by atoms with Crippen molar-refractivity contribution in [3.63, 3.8) is 0 Å². The number of aromatic nitrogens is 2. The lowest BCUT2D eigenvalue weighted by atomic mass is 9.98. The highest BCUT2D eigenvalue weighted by Crippen LogP contribution is 2.47. The summed E-state index contributed by atoms with van der Waals surface area (Å²) in [6.45, 7) is 3.23. The van der Waals surface area contributed by atoms with E-state index in [1.807, 2.05) is 16.9 Å². The van der Waals surface area contributed by atoms with Gasteiger partial charge in [-0.3, -0.25) is 9.48 Å². The maximum absolute atomic E-state index is 12.3. The van der Waals surface area contributed by atoms with E-state index >= 15 is 0 Å². The summed E-state index contributed by atoms with van der Waals surface area (Å²) in [6.07, 6.45) is 9.06. The third-order valence-corrected chi connectivity index (χ3v) is 4.45. The highest BCUT2D eigenvalue weighted by molar-refractivity contribution is 5.85. The zero-order valence-corrected chi connectivity index (χ0v) is 11.9. The molecule has 5 heteroatoms. The van der Waals surface area contributed by atoms with Crippen LogP contribution in [0, 0.1) is 11.3 Å². The van der Waals surface area contributed by atoms with Crippen molar-refractivity contribution in [2.45, 2.75) is 38.6 Å². The molecule has 0 bridgehead atoms. The van der Waals surface area contributed by atoms with Crippen molar-refractivity contribution in [3.8, 4) is 0 Å². The molecule has 0 radical (unpaired) electrons.